The van der Waals surface area contributed by atoms with Gasteiger partial charge in [0.15, 0.2) is 0 Å². The average molecular weight is 288 g/mol. The molecule has 0 aromatic carbocycles. The van der Waals surface area contributed by atoms with E-state index in [9.17, 15) is 4.79 Å². The number of aromatic amines is 1. The number of nitrogens with zero attached hydrogens (tertiary/aromatic N) is 3. The highest BCUT2D eigenvalue weighted by atomic mass is 16.3. The maximum absolute atomic E-state index is 12.1. The molecule has 2 aromatic rings. The summed E-state index contributed by atoms with van der Waals surface area (Å²) in [5, 5.41) is 6.52. The highest BCUT2D eigenvalue weighted by molar-refractivity contribution is 5.75. The standard InChI is InChI=1S/C15H20N4O2/c1-10-7-12(10)13-5-3-11(21-13)4-6-15(20)19(2)8-14-16-9-17-18-14/h3,5,9-10,12H,4,6-8H2,1-2H3,(H,16,17,18). The molecule has 3 rings (SSSR count). The van der Waals surface area contributed by atoms with Crippen molar-refractivity contribution in [2.75, 3.05) is 7.05 Å². The summed E-state index contributed by atoms with van der Waals surface area (Å²) < 4.78 is 5.81. The van der Waals surface area contributed by atoms with Gasteiger partial charge in [-0.05, 0) is 24.5 Å². The number of aromatic nitrogens is 3. The lowest BCUT2D eigenvalue weighted by molar-refractivity contribution is -0.130. The monoisotopic (exact) mass is 288 g/mol. The number of hydrogen-bond acceptors (Lipinski definition) is 4. The first-order valence-corrected chi connectivity index (χ1v) is 7.30. The Labute approximate surface area is 123 Å². The van der Waals surface area contributed by atoms with E-state index < -0.39 is 0 Å². The fourth-order valence-electron chi connectivity index (χ4n) is 2.49. The summed E-state index contributed by atoms with van der Waals surface area (Å²) in [5.41, 5.74) is 0. The van der Waals surface area contributed by atoms with Crippen LogP contribution in [0.2, 0.25) is 0 Å². The number of furan rings is 1. The smallest absolute Gasteiger partial charge is 0.223 e. The van der Waals surface area contributed by atoms with Crippen LogP contribution in [0.15, 0.2) is 22.9 Å². The lowest BCUT2D eigenvalue weighted by Crippen LogP contribution is -2.26. The van der Waals surface area contributed by atoms with Gasteiger partial charge in [0.05, 0.1) is 6.54 Å². The Morgan fingerprint density at radius 2 is 2.33 bits per heavy atom. The second-order valence-corrected chi connectivity index (χ2v) is 5.81. The van der Waals surface area contributed by atoms with Crippen molar-refractivity contribution in [1.82, 2.24) is 20.1 Å². The van der Waals surface area contributed by atoms with Crippen molar-refractivity contribution in [2.24, 2.45) is 5.92 Å². The third-order valence-electron chi connectivity index (χ3n) is 4.02. The maximum atomic E-state index is 12.1. The number of nitrogens with one attached hydrogen (secondary N) is 1. The van der Waals surface area contributed by atoms with Gasteiger partial charge >= 0.3 is 0 Å². The molecule has 2 atom stereocenters. The number of aryl methyl sites for hydroxylation is 1. The van der Waals surface area contributed by atoms with Gasteiger partial charge in [0, 0.05) is 25.8 Å². The summed E-state index contributed by atoms with van der Waals surface area (Å²) in [6.45, 7) is 2.68. The lowest BCUT2D eigenvalue weighted by Gasteiger charge is -2.14. The predicted molar refractivity (Wildman–Crippen MR) is 76.4 cm³/mol. The van der Waals surface area contributed by atoms with Gasteiger partial charge in [-0.1, -0.05) is 6.92 Å². The maximum Gasteiger partial charge on any atom is 0.223 e. The summed E-state index contributed by atoms with van der Waals surface area (Å²) in [4.78, 5) is 17.7. The predicted octanol–water partition coefficient (Wildman–Crippen LogP) is 2.11. The normalized spacial score (nSPS) is 20.5. The average Bonchev–Trinajstić information content (AvgIpc) is 2.88. The van der Waals surface area contributed by atoms with Crippen LogP contribution < -0.4 is 0 Å². The molecule has 21 heavy (non-hydrogen) atoms. The van der Waals surface area contributed by atoms with Crippen LogP contribution in [0, 0.1) is 5.92 Å². The summed E-state index contributed by atoms with van der Waals surface area (Å²) in [7, 11) is 1.77. The van der Waals surface area contributed by atoms with Crippen LogP contribution in [0.4, 0.5) is 0 Å². The van der Waals surface area contributed by atoms with Gasteiger partial charge in [-0.2, -0.15) is 5.10 Å². The van der Waals surface area contributed by atoms with E-state index in [2.05, 4.69) is 22.1 Å². The molecule has 1 aliphatic rings. The zero-order chi connectivity index (χ0) is 14.8. The number of H-pyrrole nitrogens is 1. The fourth-order valence-corrected chi connectivity index (χ4v) is 2.49. The van der Waals surface area contributed by atoms with E-state index in [4.69, 9.17) is 4.42 Å². The van der Waals surface area contributed by atoms with E-state index in [1.165, 1.54) is 12.7 Å². The largest absolute Gasteiger partial charge is 0.466 e. The SMILES string of the molecule is CC1CC1c1ccc(CCC(=O)N(C)Cc2ncn[nH]2)o1. The molecule has 1 fully saturated rings. The Bertz CT molecular complexity index is 605. The van der Waals surface area contributed by atoms with Crippen LogP contribution in [-0.4, -0.2) is 33.0 Å². The van der Waals surface area contributed by atoms with Gasteiger partial charge in [0.2, 0.25) is 5.91 Å². The third-order valence-corrected chi connectivity index (χ3v) is 4.02. The molecule has 1 N–H and O–H groups in total. The van der Waals surface area contributed by atoms with E-state index in [-0.39, 0.29) is 5.91 Å². The van der Waals surface area contributed by atoms with Crippen molar-refractivity contribution in [3.8, 4) is 0 Å². The van der Waals surface area contributed by atoms with E-state index in [0.717, 1.165) is 17.4 Å². The molecule has 1 saturated carbocycles. The Morgan fingerprint density at radius 1 is 1.52 bits per heavy atom. The summed E-state index contributed by atoms with van der Waals surface area (Å²) >= 11 is 0. The second kappa shape index (κ2) is 5.71. The minimum absolute atomic E-state index is 0.0733. The first-order valence-electron chi connectivity index (χ1n) is 7.30. The zero-order valence-electron chi connectivity index (χ0n) is 12.4. The molecular formula is C15H20N4O2. The van der Waals surface area contributed by atoms with Gasteiger partial charge in [0.1, 0.15) is 23.7 Å². The molecule has 6 heteroatoms. The van der Waals surface area contributed by atoms with Crippen molar-refractivity contribution in [3.63, 3.8) is 0 Å². The van der Waals surface area contributed by atoms with Crippen LogP contribution in [-0.2, 0) is 17.8 Å². The summed E-state index contributed by atoms with van der Waals surface area (Å²) in [6, 6.07) is 4.04. The van der Waals surface area contributed by atoms with Gasteiger partial charge in [-0.15, -0.1) is 0 Å². The molecule has 1 aliphatic carbocycles. The molecule has 2 unspecified atom stereocenters. The Balaban J connectivity index is 1.47. The highest BCUT2D eigenvalue weighted by Crippen LogP contribution is 2.47. The quantitative estimate of drug-likeness (QED) is 0.883. The molecule has 0 spiro atoms. The van der Waals surface area contributed by atoms with Crippen molar-refractivity contribution < 1.29 is 9.21 Å². The van der Waals surface area contributed by atoms with E-state index in [1.54, 1.807) is 11.9 Å². The van der Waals surface area contributed by atoms with Crippen molar-refractivity contribution >= 4 is 5.91 Å². The summed E-state index contributed by atoms with van der Waals surface area (Å²) in [5.74, 6) is 4.05. The van der Waals surface area contributed by atoms with Crippen LogP contribution in [0.1, 0.15) is 43.0 Å². The minimum Gasteiger partial charge on any atom is -0.466 e. The van der Waals surface area contributed by atoms with Crippen LogP contribution in [0.5, 0.6) is 0 Å². The Hall–Kier alpha value is -2.11. The first-order chi connectivity index (χ1) is 10.1. The van der Waals surface area contributed by atoms with Gasteiger partial charge in [0.25, 0.3) is 0 Å². The van der Waals surface area contributed by atoms with Gasteiger partial charge in [-0.25, -0.2) is 4.98 Å². The first kappa shape index (κ1) is 13.9. The number of carbonyl (C=O) groups is 1. The van der Waals surface area contributed by atoms with Crippen molar-refractivity contribution in [3.05, 3.63) is 35.8 Å². The molecule has 2 heterocycles. The van der Waals surface area contributed by atoms with Crippen LogP contribution in [0.25, 0.3) is 0 Å². The van der Waals surface area contributed by atoms with Crippen LogP contribution >= 0.6 is 0 Å². The summed E-state index contributed by atoms with van der Waals surface area (Å²) in [6.07, 6.45) is 3.74. The fraction of sp³-hybridized carbons (Fsp3) is 0.533. The Kier molecular flexibility index (Phi) is 3.77. The lowest BCUT2D eigenvalue weighted by atomic mass is 10.2. The van der Waals surface area contributed by atoms with Gasteiger partial charge in [-0.3, -0.25) is 9.89 Å². The molecule has 0 bridgehead atoms. The van der Waals surface area contributed by atoms with E-state index in [0.29, 0.717) is 31.1 Å². The van der Waals surface area contributed by atoms with Crippen molar-refractivity contribution in [2.45, 2.75) is 38.6 Å². The molecule has 1 amide bonds. The molecule has 0 saturated heterocycles. The van der Waals surface area contributed by atoms with E-state index >= 15 is 0 Å². The number of carbonyl (C=O) groups excluding carboxylic acids is 1. The van der Waals surface area contributed by atoms with Gasteiger partial charge < -0.3 is 9.32 Å². The number of hydrogen-bond donors (Lipinski definition) is 1. The van der Waals surface area contributed by atoms with E-state index in [1.807, 2.05) is 12.1 Å². The molecule has 2 aromatic heterocycles. The molecular weight excluding hydrogens is 268 g/mol. The third kappa shape index (κ3) is 3.32. The topological polar surface area (TPSA) is 75.0 Å². The minimum atomic E-state index is 0.0733. The highest BCUT2D eigenvalue weighted by Gasteiger charge is 2.36. The van der Waals surface area contributed by atoms with Crippen LogP contribution in [0.3, 0.4) is 0 Å². The number of rotatable bonds is 6. The molecule has 0 aliphatic heterocycles. The second-order valence-electron chi connectivity index (χ2n) is 5.81. The molecule has 0 radical (unpaired) electrons. The zero-order valence-corrected chi connectivity index (χ0v) is 12.4. The van der Waals surface area contributed by atoms with Crippen molar-refractivity contribution in [1.29, 1.82) is 0 Å². The number of amides is 1. The molecule has 6 nitrogen and oxygen atoms in total. The molecule has 112 valence electrons. The Morgan fingerprint density at radius 3 is 3.00 bits per heavy atom.